The average molecular weight is 435 g/mol. The molecule has 0 atom stereocenters. The zero-order chi connectivity index (χ0) is 20.8. The molecule has 2 aromatic carbocycles. The van der Waals surface area contributed by atoms with Crippen LogP contribution in [-0.2, 0) is 11.2 Å². The van der Waals surface area contributed by atoms with E-state index in [1.54, 1.807) is 18.2 Å². The molecular formula is C22H24Cl2N2O3. The predicted octanol–water partition coefficient (Wildman–Crippen LogP) is 4.36. The first-order valence-electron chi connectivity index (χ1n) is 9.71. The van der Waals surface area contributed by atoms with Crippen LogP contribution in [0.2, 0.25) is 10.0 Å². The third-order valence-electron chi connectivity index (χ3n) is 4.95. The first kappa shape index (κ1) is 21.5. The molecule has 0 saturated carbocycles. The monoisotopic (exact) mass is 434 g/mol. The lowest BCUT2D eigenvalue weighted by Gasteiger charge is -2.32. The molecule has 1 saturated heterocycles. The number of hydrogen-bond donors (Lipinski definition) is 1. The van der Waals surface area contributed by atoms with E-state index in [1.165, 1.54) is 0 Å². The summed E-state index contributed by atoms with van der Waals surface area (Å²) in [6.45, 7) is 3.79. The topological polar surface area (TPSA) is 58.6 Å². The molecular weight excluding hydrogens is 411 g/mol. The zero-order valence-corrected chi connectivity index (χ0v) is 17.8. The first-order valence-corrected chi connectivity index (χ1v) is 10.5. The van der Waals surface area contributed by atoms with Crippen LogP contribution in [0.4, 0.5) is 0 Å². The van der Waals surface area contributed by atoms with E-state index in [2.05, 4.69) is 5.32 Å². The fraction of sp³-hybridized carbons (Fsp3) is 0.364. The first-order chi connectivity index (χ1) is 14.0. The third kappa shape index (κ3) is 5.87. The van der Waals surface area contributed by atoms with E-state index in [0.29, 0.717) is 54.6 Å². The molecule has 5 nitrogen and oxygen atoms in total. The summed E-state index contributed by atoms with van der Waals surface area (Å²) in [6, 6.07) is 12.4. The van der Waals surface area contributed by atoms with Crippen molar-refractivity contribution in [3.05, 3.63) is 63.6 Å². The minimum absolute atomic E-state index is 0.00655. The van der Waals surface area contributed by atoms with Gasteiger partial charge in [0.25, 0.3) is 5.91 Å². The highest BCUT2D eigenvalue weighted by molar-refractivity contribution is 6.35. The van der Waals surface area contributed by atoms with Crippen molar-refractivity contribution < 1.29 is 14.3 Å². The van der Waals surface area contributed by atoms with Gasteiger partial charge in [-0.05, 0) is 55.7 Å². The van der Waals surface area contributed by atoms with Crippen molar-refractivity contribution >= 4 is 35.0 Å². The minimum Gasteiger partial charge on any atom is -0.494 e. The fourth-order valence-electron chi connectivity index (χ4n) is 3.36. The average Bonchev–Trinajstić information content (AvgIpc) is 2.72. The van der Waals surface area contributed by atoms with Crippen LogP contribution in [-0.4, -0.2) is 42.5 Å². The molecule has 0 bridgehead atoms. The van der Waals surface area contributed by atoms with E-state index in [4.69, 9.17) is 27.9 Å². The molecule has 154 valence electrons. The third-order valence-corrected chi connectivity index (χ3v) is 5.51. The quantitative estimate of drug-likeness (QED) is 0.734. The molecule has 0 spiro atoms. The standard InChI is InChI=1S/C22H24Cl2N2O3/c1-2-29-18-6-3-15(4-7-18)13-21(27)26-11-9-17(10-12-26)25-22(28)19-14-16(23)5-8-20(19)24/h3-8,14,17H,2,9-13H2,1H3,(H,25,28). The van der Waals surface area contributed by atoms with Gasteiger partial charge in [0.2, 0.25) is 5.91 Å². The zero-order valence-electron chi connectivity index (χ0n) is 16.3. The number of halogens is 2. The summed E-state index contributed by atoms with van der Waals surface area (Å²) >= 11 is 12.1. The number of ether oxygens (including phenoxy) is 1. The second kappa shape index (κ2) is 9.99. The number of hydrogen-bond acceptors (Lipinski definition) is 3. The molecule has 0 radical (unpaired) electrons. The van der Waals surface area contributed by atoms with Crippen molar-refractivity contribution in [2.24, 2.45) is 0 Å². The smallest absolute Gasteiger partial charge is 0.253 e. The van der Waals surface area contributed by atoms with Crippen molar-refractivity contribution in [3.63, 3.8) is 0 Å². The van der Waals surface area contributed by atoms with Crippen LogP contribution >= 0.6 is 23.2 Å². The molecule has 3 rings (SSSR count). The van der Waals surface area contributed by atoms with Crippen LogP contribution in [0.5, 0.6) is 5.75 Å². The number of amides is 2. The Bertz CT molecular complexity index is 863. The SMILES string of the molecule is CCOc1ccc(CC(=O)N2CCC(NC(=O)c3cc(Cl)ccc3Cl)CC2)cc1. The van der Waals surface area contributed by atoms with Gasteiger partial charge in [0, 0.05) is 24.2 Å². The van der Waals surface area contributed by atoms with Gasteiger partial charge >= 0.3 is 0 Å². The van der Waals surface area contributed by atoms with Gasteiger partial charge in [0.15, 0.2) is 0 Å². The number of benzene rings is 2. The van der Waals surface area contributed by atoms with E-state index in [9.17, 15) is 9.59 Å². The van der Waals surface area contributed by atoms with Gasteiger partial charge in [0.05, 0.1) is 23.6 Å². The van der Waals surface area contributed by atoms with Gasteiger partial charge in [-0.1, -0.05) is 35.3 Å². The van der Waals surface area contributed by atoms with Crippen LogP contribution in [0.25, 0.3) is 0 Å². The maximum atomic E-state index is 12.6. The largest absolute Gasteiger partial charge is 0.494 e. The molecule has 1 aliphatic rings. The van der Waals surface area contributed by atoms with E-state index >= 15 is 0 Å². The Morgan fingerprint density at radius 3 is 2.45 bits per heavy atom. The molecule has 7 heteroatoms. The van der Waals surface area contributed by atoms with Crippen LogP contribution < -0.4 is 10.1 Å². The van der Waals surface area contributed by atoms with Gasteiger partial charge in [-0.2, -0.15) is 0 Å². The van der Waals surface area contributed by atoms with Crippen LogP contribution in [0.3, 0.4) is 0 Å². The van der Waals surface area contributed by atoms with Gasteiger partial charge in [-0.25, -0.2) is 0 Å². The molecule has 1 aliphatic heterocycles. The number of nitrogens with one attached hydrogen (secondary N) is 1. The number of likely N-dealkylation sites (tertiary alicyclic amines) is 1. The highest BCUT2D eigenvalue weighted by Gasteiger charge is 2.24. The second-order valence-corrected chi connectivity index (χ2v) is 7.85. The minimum atomic E-state index is -0.239. The lowest BCUT2D eigenvalue weighted by molar-refractivity contribution is -0.131. The second-order valence-electron chi connectivity index (χ2n) is 7.01. The van der Waals surface area contributed by atoms with Gasteiger partial charge < -0.3 is 15.0 Å². The van der Waals surface area contributed by atoms with E-state index < -0.39 is 0 Å². The molecule has 0 aliphatic carbocycles. The van der Waals surface area contributed by atoms with Crippen molar-refractivity contribution in [1.29, 1.82) is 0 Å². The highest BCUT2D eigenvalue weighted by atomic mass is 35.5. The van der Waals surface area contributed by atoms with E-state index in [-0.39, 0.29) is 17.9 Å². The lowest BCUT2D eigenvalue weighted by Crippen LogP contribution is -2.47. The molecule has 29 heavy (non-hydrogen) atoms. The number of nitrogens with zero attached hydrogens (tertiary/aromatic N) is 1. The van der Waals surface area contributed by atoms with E-state index in [0.717, 1.165) is 11.3 Å². The molecule has 1 heterocycles. The summed E-state index contributed by atoms with van der Waals surface area (Å²) in [5, 5.41) is 3.83. The van der Waals surface area contributed by atoms with Crippen molar-refractivity contribution in [2.75, 3.05) is 19.7 Å². The normalized spacial score (nSPS) is 14.5. The molecule has 1 N–H and O–H groups in total. The summed E-state index contributed by atoms with van der Waals surface area (Å²) in [5.74, 6) is 0.661. The maximum Gasteiger partial charge on any atom is 0.253 e. The molecule has 1 fully saturated rings. The van der Waals surface area contributed by atoms with Gasteiger partial charge in [0.1, 0.15) is 5.75 Å². The summed E-state index contributed by atoms with van der Waals surface area (Å²) in [4.78, 5) is 26.9. The Balaban J connectivity index is 1.48. The van der Waals surface area contributed by atoms with E-state index in [1.807, 2.05) is 36.1 Å². The lowest BCUT2D eigenvalue weighted by atomic mass is 10.0. The van der Waals surface area contributed by atoms with Crippen LogP contribution in [0, 0.1) is 0 Å². The van der Waals surface area contributed by atoms with Crippen LogP contribution in [0.15, 0.2) is 42.5 Å². The van der Waals surface area contributed by atoms with Crippen molar-refractivity contribution in [2.45, 2.75) is 32.2 Å². The number of carbonyl (C=O) groups excluding carboxylic acids is 2. The number of rotatable bonds is 6. The summed E-state index contributed by atoms with van der Waals surface area (Å²) < 4.78 is 5.43. The Hall–Kier alpha value is -2.24. The number of piperidine rings is 1. The van der Waals surface area contributed by atoms with Gasteiger partial charge in [-0.3, -0.25) is 9.59 Å². The fourth-order valence-corrected chi connectivity index (χ4v) is 3.74. The Morgan fingerprint density at radius 2 is 1.79 bits per heavy atom. The molecule has 2 aromatic rings. The Kier molecular flexibility index (Phi) is 7.40. The van der Waals surface area contributed by atoms with Crippen molar-refractivity contribution in [3.8, 4) is 5.75 Å². The number of carbonyl (C=O) groups is 2. The maximum absolute atomic E-state index is 12.6. The van der Waals surface area contributed by atoms with Crippen molar-refractivity contribution in [1.82, 2.24) is 10.2 Å². The molecule has 0 aromatic heterocycles. The highest BCUT2D eigenvalue weighted by Crippen LogP contribution is 2.21. The summed E-state index contributed by atoms with van der Waals surface area (Å²) in [6.07, 6.45) is 1.78. The van der Waals surface area contributed by atoms with Crippen LogP contribution in [0.1, 0.15) is 35.7 Å². The Labute approximate surface area is 180 Å². The summed E-state index contributed by atoms with van der Waals surface area (Å²) in [7, 11) is 0. The molecule has 2 amide bonds. The molecule has 0 unspecified atom stereocenters. The summed E-state index contributed by atoms with van der Waals surface area (Å²) in [5.41, 5.74) is 1.33. The van der Waals surface area contributed by atoms with Gasteiger partial charge in [-0.15, -0.1) is 0 Å². The Morgan fingerprint density at radius 1 is 1.10 bits per heavy atom. The predicted molar refractivity (Wildman–Crippen MR) is 115 cm³/mol.